The Balaban J connectivity index is 1.55. The van der Waals surface area contributed by atoms with Gasteiger partial charge in [-0.05, 0) is 44.2 Å². The van der Waals surface area contributed by atoms with Crippen molar-refractivity contribution in [2.75, 3.05) is 39.9 Å². The summed E-state index contributed by atoms with van der Waals surface area (Å²) in [5.74, 6) is 0.801. The zero-order valence-electron chi connectivity index (χ0n) is 15.0. The Bertz CT molecular complexity index is 569. The van der Waals surface area contributed by atoms with Gasteiger partial charge in [-0.3, -0.25) is 4.79 Å². The molecule has 3 rings (SSSR count). The molecule has 4 heteroatoms. The Hall–Kier alpha value is -1.39. The molecule has 1 N–H and O–H groups in total. The molecule has 2 aliphatic rings. The van der Waals surface area contributed by atoms with Gasteiger partial charge >= 0.3 is 0 Å². The molecule has 24 heavy (non-hydrogen) atoms. The summed E-state index contributed by atoms with van der Waals surface area (Å²) in [6.45, 7) is 6.87. The molecule has 1 amide bonds. The fraction of sp³-hybridized carbons (Fsp3) is 0.650. The molecular formula is C20H30N2O2. The van der Waals surface area contributed by atoms with E-state index in [1.807, 2.05) is 0 Å². The quantitative estimate of drug-likeness (QED) is 0.835. The van der Waals surface area contributed by atoms with Crippen molar-refractivity contribution in [3.63, 3.8) is 0 Å². The molecule has 2 fully saturated rings. The molecule has 132 valence electrons. The highest BCUT2D eigenvalue weighted by molar-refractivity contribution is 5.89. The first-order valence-corrected chi connectivity index (χ1v) is 9.21. The summed E-state index contributed by atoms with van der Waals surface area (Å²) in [5, 5.41) is 3.27. The molecule has 1 saturated carbocycles. The van der Waals surface area contributed by atoms with Crippen molar-refractivity contribution >= 4 is 5.91 Å². The van der Waals surface area contributed by atoms with Crippen LogP contribution in [0.4, 0.5) is 0 Å². The Kier molecular flexibility index (Phi) is 5.57. The molecule has 4 nitrogen and oxygen atoms in total. The molecule has 1 heterocycles. The number of nitrogens with one attached hydrogen (secondary N) is 1. The first-order valence-electron chi connectivity index (χ1n) is 9.21. The third-order valence-corrected chi connectivity index (χ3v) is 5.75. The Morgan fingerprint density at radius 1 is 1.42 bits per heavy atom. The minimum atomic E-state index is -0.277. The first-order chi connectivity index (χ1) is 11.6. The van der Waals surface area contributed by atoms with Crippen LogP contribution in [0.25, 0.3) is 0 Å². The zero-order valence-corrected chi connectivity index (χ0v) is 15.0. The van der Waals surface area contributed by atoms with Gasteiger partial charge in [0.05, 0.1) is 12.0 Å². The van der Waals surface area contributed by atoms with Crippen LogP contribution < -0.4 is 5.32 Å². The lowest BCUT2D eigenvalue weighted by atomic mass is 9.63. The van der Waals surface area contributed by atoms with Crippen LogP contribution in [-0.4, -0.2) is 50.7 Å². The van der Waals surface area contributed by atoms with Crippen LogP contribution in [0.5, 0.6) is 0 Å². The summed E-state index contributed by atoms with van der Waals surface area (Å²) in [6, 6.07) is 8.47. The van der Waals surface area contributed by atoms with Gasteiger partial charge in [-0.2, -0.15) is 0 Å². The van der Waals surface area contributed by atoms with Crippen LogP contribution in [0.3, 0.4) is 0 Å². The van der Waals surface area contributed by atoms with Gasteiger partial charge in [-0.1, -0.05) is 36.2 Å². The Labute approximate surface area is 145 Å². The van der Waals surface area contributed by atoms with Crippen molar-refractivity contribution in [3.05, 3.63) is 35.4 Å². The van der Waals surface area contributed by atoms with Gasteiger partial charge in [0.1, 0.15) is 0 Å². The molecule has 0 spiro atoms. The standard InChI is InChI=1S/C20H30N2O2/c1-16-5-3-6-18(13-16)20(8-4-9-20)19(23)21-14-17-7-10-22(15-17)11-12-24-2/h3,5-6,13,17H,4,7-12,14-15H2,1-2H3,(H,21,23). The second kappa shape index (κ2) is 7.66. The largest absolute Gasteiger partial charge is 0.383 e. The van der Waals surface area contributed by atoms with E-state index in [0.717, 1.165) is 52.0 Å². The van der Waals surface area contributed by atoms with Gasteiger partial charge in [0.2, 0.25) is 5.91 Å². The summed E-state index contributed by atoms with van der Waals surface area (Å²) < 4.78 is 5.15. The summed E-state index contributed by atoms with van der Waals surface area (Å²) in [7, 11) is 1.75. The van der Waals surface area contributed by atoms with Crippen molar-refractivity contribution in [3.8, 4) is 0 Å². The van der Waals surface area contributed by atoms with Gasteiger partial charge in [0.25, 0.3) is 0 Å². The maximum atomic E-state index is 12.9. The number of hydrogen-bond acceptors (Lipinski definition) is 3. The fourth-order valence-corrected chi connectivity index (χ4v) is 4.03. The third-order valence-electron chi connectivity index (χ3n) is 5.75. The first kappa shape index (κ1) is 17.4. The highest BCUT2D eigenvalue weighted by Crippen LogP contribution is 2.44. The van der Waals surface area contributed by atoms with Crippen LogP contribution in [0.1, 0.15) is 36.8 Å². The number of rotatable bonds is 7. The molecule has 0 aromatic heterocycles. The molecule has 1 unspecified atom stereocenters. The number of nitrogens with zero attached hydrogens (tertiary/aromatic N) is 1. The average molecular weight is 330 g/mol. The third kappa shape index (κ3) is 3.65. The lowest BCUT2D eigenvalue weighted by Crippen LogP contribution is -2.50. The average Bonchev–Trinajstić information content (AvgIpc) is 2.98. The maximum Gasteiger partial charge on any atom is 0.230 e. The number of aryl methyl sites for hydroxylation is 1. The SMILES string of the molecule is COCCN1CCC(CNC(=O)C2(c3cccc(C)c3)CCC2)C1. The summed E-state index contributed by atoms with van der Waals surface area (Å²) in [6.07, 6.45) is 4.27. The van der Waals surface area contributed by atoms with E-state index < -0.39 is 0 Å². The topological polar surface area (TPSA) is 41.6 Å². The van der Waals surface area contributed by atoms with Crippen molar-refractivity contribution in [2.45, 2.75) is 38.0 Å². The highest BCUT2D eigenvalue weighted by Gasteiger charge is 2.45. The number of likely N-dealkylation sites (tertiary alicyclic amines) is 1. The molecule has 1 aliphatic heterocycles. The molecule has 1 saturated heterocycles. The van der Waals surface area contributed by atoms with Gasteiger partial charge in [-0.15, -0.1) is 0 Å². The molecular weight excluding hydrogens is 300 g/mol. The monoisotopic (exact) mass is 330 g/mol. The van der Waals surface area contributed by atoms with Crippen molar-refractivity contribution in [1.82, 2.24) is 10.2 Å². The van der Waals surface area contributed by atoms with E-state index in [2.05, 4.69) is 41.4 Å². The second-order valence-corrected chi connectivity index (χ2v) is 7.46. The lowest BCUT2D eigenvalue weighted by molar-refractivity contribution is -0.130. The molecule has 1 atom stereocenters. The highest BCUT2D eigenvalue weighted by atomic mass is 16.5. The smallest absolute Gasteiger partial charge is 0.230 e. The Morgan fingerprint density at radius 2 is 2.25 bits per heavy atom. The van der Waals surface area contributed by atoms with Crippen LogP contribution in [0.2, 0.25) is 0 Å². The minimum Gasteiger partial charge on any atom is -0.383 e. The molecule has 0 bridgehead atoms. The van der Waals surface area contributed by atoms with E-state index in [0.29, 0.717) is 5.92 Å². The van der Waals surface area contributed by atoms with E-state index in [9.17, 15) is 4.79 Å². The van der Waals surface area contributed by atoms with Crippen molar-refractivity contribution in [2.24, 2.45) is 5.92 Å². The fourth-order valence-electron chi connectivity index (χ4n) is 4.03. The molecule has 0 radical (unpaired) electrons. The van der Waals surface area contributed by atoms with Gasteiger partial charge in [-0.25, -0.2) is 0 Å². The zero-order chi connectivity index (χ0) is 17.0. The Morgan fingerprint density at radius 3 is 2.92 bits per heavy atom. The van der Waals surface area contributed by atoms with Gasteiger partial charge in [0, 0.05) is 26.7 Å². The molecule has 1 aliphatic carbocycles. The second-order valence-electron chi connectivity index (χ2n) is 7.46. The number of hydrogen-bond donors (Lipinski definition) is 1. The molecule has 1 aromatic carbocycles. The summed E-state index contributed by atoms with van der Waals surface area (Å²) in [4.78, 5) is 15.4. The van der Waals surface area contributed by atoms with Crippen molar-refractivity contribution < 1.29 is 9.53 Å². The van der Waals surface area contributed by atoms with E-state index in [1.165, 1.54) is 17.5 Å². The number of amides is 1. The minimum absolute atomic E-state index is 0.231. The van der Waals surface area contributed by atoms with Crippen molar-refractivity contribution in [1.29, 1.82) is 0 Å². The van der Waals surface area contributed by atoms with E-state index in [1.54, 1.807) is 7.11 Å². The van der Waals surface area contributed by atoms with E-state index >= 15 is 0 Å². The molecule has 1 aromatic rings. The number of methoxy groups -OCH3 is 1. The summed E-state index contributed by atoms with van der Waals surface area (Å²) in [5.41, 5.74) is 2.15. The maximum absolute atomic E-state index is 12.9. The van der Waals surface area contributed by atoms with Gasteiger partial charge in [0.15, 0.2) is 0 Å². The lowest BCUT2D eigenvalue weighted by Gasteiger charge is -2.41. The number of benzene rings is 1. The normalized spacial score (nSPS) is 23.0. The van der Waals surface area contributed by atoms with E-state index in [-0.39, 0.29) is 11.3 Å². The summed E-state index contributed by atoms with van der Waals surface area (Å²) >= 11 is 0. The number of carbonyl (C=O) groups excluding carboxylic acids is 1. The van der Waals surface area contributed by atoms with Crippen LogP contribution in [-0.2, 0) is 14.9 Å². The van der Waals surface area contributed by atoms with Crippen LogP contribution >= 0.6 is 0 Å². The van der Waals surface area contributed by atoms with E-state index in [4.69, 9.17) is 4.74 Å². The van der Waals surface area contributed by atoms with Crippen LogP contribution in [0, 0.1) is 12.8 Å². The van der Waals surface area contributed by atoms with Crippen LogP contribution in [0.15, 0.2) is 24.3 Å². The predicted molar refractivity (Wildman–Crippen MR) is 96.1 cm³/mol. The number of carbonyl (C=O) groups is 1. The number of ether oxygens (including phenoxy) is 1. The van der Waals surface area contributed by atoms with Gasteiger partial charge < -0.3 is 15.0 Å². The predicted octanol–water partition coefficient (Wildman–Crippen LogP) is 2.50.